The fourth-order valence-corrected chi connectivity index (χ4v) is 1.69. The number of hydrogen-bond donors (Lipinski definition) is 1. The Labute approximate surface area is 89.5 Å². The highest BCUT2D eigenvalue weighted by atomic mass is 14.7. The van der Waals surface area contributed by atoms with Gasteiger partial charge in [-0.1, -0.05) is 32.9 Å². The number of nitriles is 1. The minimum atomic E-state index is 0.145. The molecule has 1 heterocycles. The van der Waals surface area contributed by atoms with E-state index in [-0.39, 0.29) is 5.41 Å². The first-order valence-corrected chi connectivity index (χ1v) is 5.04. The Bertz CT molecular complexity index is 536. The minimum Gasteiger partial charge on any atom is -0.360 e. The summed E-state index contributed by atoms with van der Waals surface area (Å²) < 4.78 is 0. The van der Waals surface area contributed by atoms with Gasteiger partial charge in [-0.2, -0.15) is 5.26 Å². The van der Waals surface area contributed by atoms with E-state index in [1.807, 2.05) is 6.07 Å². The van der Waals surface area contributed by atoms with Crippen LogP contribution < -0.4 is 0 Å². The molecule has 0 bridgehead atoms. The summed E-state index contributed by atoms with van der Waals surface area (Å²) in [6.45, 7) is 6.55. The summed E-state index contributed by atoms with van der Waals surface area (Å²) in [5.74, 6) is 0. The van der Waals surface area contributed by atoms with Crippen molar-refractivity contribution in [3.8, 4) is 6.07 Å². The topological polar surface area (TPSA) is 39.6 Å². The van der Waals surface area contributed by atoms with Crippen molar-refractivity contribution >= 4 is 10.9 Å². The molecular formula is C13H14N2. The zero-order valence-corrected chi connectivity index (χ0v) is 9.26. The van der Waals surface area contributed by atoms with Crippen molar-refractivity contribution in [1.29, 1.82) is 5.26 Å². The second-order valence-electron chi connectivity index (χ2n) is 4.82. The van der Waals surface area contributed by atoms with Gasteiger partial charge in [-0.05, 0) is 17.0 Å². The molecule has 0 atom stereocenters. The summed E-state index contributed by atoms with van der Waals surface area (Å²) >= 11 is 0. The van der Waals surface area contributed by atoms with Gasteiger partial charge < -0.3 is 4.98 Å². The molecule has 0 aliphatic heterocycles. The van der Waals surface area contributed by atoms with Gasteiger partial charge in [0.1, 0.15) is 6.07 Å². The summed E-state index contributed by atoms with van der Waals surface area (Å²) in [7, 11) is 0. The van der Waals surface area contributed by atoms with E-state index < -0.39 is 0 Å². The normalized spacial score (nSPS) is 11.6. The van der Waals surface area contributed by atoms with Crippen molar-refractivity contribution in [3.05, 3.63) is 35.5 Å². The molecule has 0 fully saturated rings. The number of aromatic nitrogens is 1. The van der Waals surface area contributed by atoms with E-state index in [1.54, 1.807) is 6.20 Å². The molecule has 0 spiro atoms. The minimum absolute atomic E-state index is 0.145. The van der Waals surface area contributed by atoms with Gasteiger partial charge in [0.15, 0.2) is 0 Å². The lowest BCUT2D eigenvalue weighted by Crippen LogP contribution is -2.10. The van der Waals surface area contributed by atoms with Gasteiger partial charge >= 0.3 is 0 Å². The van der Waals surface area contributed by atoms with E-state index in [4.69, 9.17) is 5.26 Å². The molecule has 2 nitrogen and oxygen atoms in total. The third-order valence-corrected chi connectivity index (χ3v) is 2.67. The molecule has 2 heteroatoms. The summed E-state index contributed by atoms with van der Waals surface area (Å²) in [5.41, 5.74) is 3.18. The maximum absolute atomic E-state index is 8.88. The first-order valence-electron chi connectivity index (χ1n) is 5.04. The van der Waals surface area contributed by atoms with E-state index in [9.17, 15) is 0 Å². The highest BCUT2D eigenvalue weighted by molar-refractivity contribution is 5.86. The predicted octanol–water partition coefficient (Wildman–Crippen LogP) is 3.34. The molecule has 1 aromatic carbocycles. The summed E-state index contributed by atoms with van der Waals surface area (Å²) in [5, 5.41) is 9.89. The van der Waals surface area contributed by atoms with Crippen LogP contribution in [0.5, 0.6) is 0 Å². The van der Waals surface area contributed by atoms with E-state index in [0.717, 1.165) is 10.9 Å². The number of fused-ring (bicyclic) bond motifs is 1. The van der Waals surface area contributed by atoms with Crippen LogP contribution in [0.1, 0.15) is 31.9 Å². The number of nitrogens with zero attached hydrogens (tertiary/aromatic N) is 1. The Hall–Kier alpha value is -1.75. The third kappa shape index (κ3) is 1.61. The van der Waals surface area contributed by atoms with Crippen LogP contribution >= 0.6 is 0 Å². The average molecular weight is 198 g/mol. The number of aromatic amines is 1. The number of hydrogen-bond acceptors (Lipinski definition) is 1. The molecule has 0 saturated carbocycles. The molecule has 1 aromatic heterocycles. The summed E-state index contributed by atoms with van der Waals surface area (Å²) in [6.07, 6.45) is 1.76. The van der Waals surface area contributed by atoms with Crippen molar-refractivity contribution in [2.45, 2.75) is 26.2 Å². The Morgan fingerprint density at radius 3 is 2.60 bits per heavy atom. The molecule has 2 rings (SSSR count). The van der Waals surface area contributed by atoms with E-state index in [1.165, 1.54) is 5.56 Å². The molecule has 0 amide bonds. The van der Waals surface area contributed by atoms with Crippen molar-refractivity contribution < 1.29 is 0 Å². The maximum atomic E-state index is 8.88. The number of H-pyrrole nitrogens is 1. The first-order chi connectivity index (χ1) is 7.02. The summed E-state index contributed by atoms with van der Waals surface area (Å²) in [4.78, 5) is 3.13. The Kier molecular flexibility index (Phi) is 2.04. The first kappa shape index (κ1) is 9.79. The molecule has 0 aliphatic carbocycles. The van der Waals surface area contributed by atoms with Crippen LogP contribution in [0.15, 0.2) is 24.4 Å². The standard InChI is InChI=1S/C13H14N2/c1-13(2,3)10-4-5-11-9(7-14)8-15-12(11)6-10/h4-6,8,15H,1-3H3. The van der Waals surface area contributed by atoms with Crippen LogP contribution in [0.3, 0.4) is 0 Å². The molecule has 0 aliphatic rings. The molecule has 15 heavy (non-hydrogen) atoms. The van der Waals surface area contributed by atoms with Crippen LogP contribution in [-0.2, 0) is 5.41 Å². The van der Waals surface area contributed by atoms with Crippen LogP contribution in [0, 0.1) is 11.3 Å². The van der Waals surface area contributed by atoms with Crippen LogP contribution in [0.25, 0.3) is 10.9 Å². The van der Waals surface area contributed by atoms with Gasteiger partial charge in [-0.25, -0.2) is 0 Å². The number of rotatable bonds is 0. The Balaban J connectivity index is 2.65. The van der Waals surface area contributed by atoms with Gasteiger partial charge in [0.05, 0.1) is 5.56 Å². The molecular weight excluding hydrogens is 184 g/mol. The maximum Gasteiger partial charge on any atom is 0.101 e. The van der Waals surface area contributed by atoms with Gasteiger partial charge in [0.25, 0.3) is 0 Å². The van der Waals surface area contributed by atoms with E-state index in [2.05, 4.69) is 44.0 Å². The van der Waals surface area contributed by atoms with Crippen LogP contribution in [0.4, 0.5) is 0 Å². The zero-order valence-electron chi connectivity index (χ0n) is 9.26. The van der Waals surface area contributed by atoms with E-state index in [0.29, 0.717) is 5.56 Å². The number of nitrogens with one attached hydrogen (secondary N) is 1. The zero-order chi connectivity index (χ0) is 11.1. The van der Waals surface area contributed by atoms with Crippen molar-refractivity contribution in [2.24, 2.45) is 0 Å². The molecule has 1 N–H and O–H groups in total. The van der Waals surface area contributed by atoms with Crippen LogP contribution in [-0.4, -0.2) is 4.98 Å². The fraction of sp³-hybridized carbons (Fsp3) is 0.308. The SMILES string of the molecule is CC(C)(C)c1ccc2c(C#N)c[nH]c2c1. The average Bonchev–Trinajstić information content (AvgIpc) is 2.58. The highest BCUT2D eigenvalue weighted by Crippen LogP contribution is 2.26. The number of benzene rings is 1. The fourth-order valence-electron chi connectivity index (χ4n) is 1.69. The largest absolute Gasteiger partial charge is 0.360 e. The molecule has 76 valence electrons. The van der Waals surface area contributed by atoms with Gasteiger partial charge in [0.2, 0.25) is 0 Å². The molecule has 0 saturated heterocycles. The molecule has 0 radical (unpaired) electrons. The van der Waals surface area contributed by atoms with Crippen molar-refractivity contribution in [2.75, 3.05) is 0 Å². The second kappa shape index (κ2) is 3.13. The van der Waals surface area contributed by atoms with Gasteiger partial charge in [-0.3, -0.25) is 0 Å². The van der Waals surface area contributed by atoms with Crippen molar-refractivity contribution in [1.82, 2.24) is 4.98 Å². The Morgan fingerprint density at radius 2 is 2.00 bits per heavy atom. The Morgan fingerprint density at radius 1 is 1.27 bits per heavy atom. The monoisotopic (exact) mass is 198 g/mol. The van der Waals surface area contributed by atoms with E-state index >= 15 is 0 Å². The predicted molar refractivity (Wildman–Crippen MR) is 61.7 cm³/mol. The second-order valence-corrected chi connectivity index (χ2v) is 4.82. The van der Waals surface area contributed by atoms with Crippen molar-refractivity contribution in [3.63, 3.8) is 0 Å². The highest BCUT2D eigenvalue weighted by Gasteiger charge is 2.14. The molecule has 0 unspecified atom stereocenters. The lowest BCUT2D eigenvalue weighted by Gasteiger charge is -2.18. The smallest absolute Gasteiger partial charge is 0.101 e. The summed E-state index contributed by atoms with van der Waals surface area (Å²) in [6, 6.07) is 8.41. The third-order valence-electron chi connectivity index (χ3n) is 2.67. The molecule has 2 aromatic rings. The van der Waals surface area contributed by atoms with Crippen LogP contribution in [0.2, 0.25) is 0 Å². The quantitative estimate of drug-likeness (QED) is 0.692. The van der Waals surface area contributed by atoms with Gasteiger partial charge in [-0.15, -0.1) is 0 Å². The lowest BCUT2D eigenvalue weighted by atomic mass is 9.86. The van der Waals surface area contributed by atoms with Gasteiger partial charge in [0, 0.05) is 17.1 Å². The lowest BCUT2D eigenvalue weighted by molar-refractivity contribution is 0.591.